The molecular formula is C15H14F2N4. The van der Waals surface area contributed by atoms with Crippen molar-refractivity contribution in [3.63, 3.8) is 0 Å². The smallest absolute Gasteiger partial charge is 0.161 e. The average Bonchev–Trinajstić information content (AvgIpc) is 2.78. The second-order valence-corrected chi connectivity index (χ2v) is 4.76. The first-order valence-electron chi connectivity index (χ1n) is 6.51. The number of nitrogens with two attached hydrogens (primary N) is 2. The number of halogens is 2. The van der Waals surface area contributed by atoms with Gasteiger partial charge in [0.2, 0.25) is 0 Å². The molecule has 0 amide bonds. The largest absolute Gasteiger partial charge is 0.399 e. The van der Waals surface area contributed by atoms with Gasteiger partial charge in [-0.1, -0.05) is 12.1 Å². The molecule has 108 valence electrons. The molecule has 0 atom stereocenters. The molecule has 3 aromatic rings. The second kappa shape index (κ2) is 5.14. The molecule has 0 fully saturated rings. The Kier molecular flexibility index (Phi) is 3.31. The highest BCUT2D eigenvalue weighted by Gasteiger charge is 2.15. The molecule has 1 aromatic heterocycles. The standard InChI is InChI=1S/C15H14F2N4/c16-11-7-13-14(8-12(11)17)21(5-4-18)15(20-13)9-2-1-3-10(19)6-9/h1-3,6-8H,4-5,18-19H2. The van der Waals surface area contributed by atoms with Gasteiger partial charge in [0.05, 0.1) is 11.0 Å². The summed E-state index contributed by atoms with van der Waals surface area (Å²) in [5, 5.41) is 0. The molecule has 0 saturated heterocycles. The number of aromatic nitrogens is 2. The number of fused-ring (bicyclic) bond motifs is 1. The number of hydrogen-bond acceptors (Lipinski definition) is 3. The number of anilines is 1. The van der Waals surface area contributed by atoms with Crippen molar-refractivity contribution in [1.29, 1.82) is 0 Å². The molecule has 6 heteroatoms. The van der Waals surface area contributed by atoms with Gasteiger partial charge in [-0.3, -0.25) is 0 Å². The fraction of sp³-hybridized carbons (Fsp3) is 0.133. The summed E-state index contributed by atoms with van der Waals surface area (Å²) in [6, 6.07) is 9.41. The summed E-state index contributed by atoms with van der Waals surface area (Å²) >= 11 is 0. The van der Waals surface area contributed by atoms with Crippen molar-refractivity contribution < 1.29 is 8.78 Å². The first kappa shape index (κ1) is 13.5. The fourth-order valence-electron chi connectivity index (χ4n) is 2.37. The summed E-state index contributed by atoms with van der Waals surface area (Å²) < 4.78 is 28.6. The van der Waals surface area contributed by atoms with Crippen LogP contribution in [0.5, 0.6) is 0 Å². The Morgan fingerprint density at radius 2 is 1.86 bits per heavy atom. The van der Waals surface area contributed by atoms with Gasteiger partial charge in [0.1, 0.15) is 5.82 Å². The van der Waals surface area contributed by atoms with E-state index in [1.54, 1.807) is 22.8 Å². The average molecular weight is 288 g/mol. The third-order valence-electron chi connectivity index (χ3n) is 3.29. The van der Waals surface area contributed by atoms with E-state index >= 15 is 0 Å². The topological polar surface area (TPSA) is 69.9 Å². The zero-order chi connectivity index (χ0) is 15.0. The summed E-state index contributed by atoms with van der Waals surface area (Å²) in [4.78, 5) is 4.39. The van der Waals surface area contributed by atoms with Crippen LogP contribution < -0.4 is 11.5 Å². The highest BCUT2D eigenvalue weighted by atomic mass is 19.2. The Balaban J connectivity index is 2.28. The van der Waals surface area contributed by atoms with Gasteiger partial charge < -0.3 is 16.0 Å². The highest BCUT2D eigenvalue weighted by Crippen LogP contribution is 2.27. The molecule has 4 N–H and O–H groups in total. The molecule has 1 heterocycles. The van der Waals surface area contributed by atoms with Gasteiger partial charge in [-0.25, -0.2) is 13.8 Å². The number of nitrogens with zero attached hydrogens (tertiary/aromatic N) is 2. The Labute approximate surface area is 120 Å². The molecule has 0 unspecified atom stereocenters. The van der Waals surface area contributed by atoms with Crippen molar-refractivity contribution in [3.8, 4) is 11.4 Å². The maximum Gasteiger partial charge on any atom is 0.161 e. The van der Waals surface area contributed by atoms with Crippen molar-refractivity contribution in [1.82, 2.24) is 9.55 Å². The molecule has 21 heavy (non-hydrogen) atoms. The molecule has 0 spiro atoms. The van der Waals surface area contributed by atoms with E-state index in [-0.39, 0.29) is 0 Å². The van der Waals surface area contributed by atoms with Crippen LogP contribution in [0.15, 0.2) is 36.4 Å². The van der Waals surface area contributed by atoms with E-state index in [2.05, 4.69) is 4.98 Å². The van der Waals surface area contributed by atoms with E-state index in [4.69, 9.17) is 11.5 Å². The predicted molar refractivity (Wildman–Crippen MR) is 78.6 cm³/mol. The van der Waals surface area contributed by atoms with Gasteiger partial charge in [-0.2, -0.15) is 0 Å². The zero-order valence-electron chi connectivity index (χ0n) is 11.2. The quantitative estimate of drug-likeness (QED) is 0.728. The van der Waals surface area contributed by atoms with Crippen LogP contribution in [-0.2, 0) is 6.54 Å². The molecular weight excluding hydrogens is 274 g/mol. The fourth-order valence-corrected chi connectivity index (χ4v) is 2.37. The SMILES string of the molecule is NCCn1c(-c2cccc(N)c2)nc2cc(F)c(F)cc21. The Morgan fingerprint density at radius 3 is 2.57 bits per heavy atom. The molecule has 0 aliphatic carbocycles. The predicted octanol–water partition coefficient (Wildman–Crippen LogP) is 2.52. The molecule has 4 nitrogen and oxygen atoms in total. The molecule has 0 bridgehead atoms. The van der Waals surface area contributed by atoms with Crippen LogP contribution in [0.4, 0.5) is 14.5 Å². The first-order chi connectivity index (χ1) is 10.1. The molecule has 0 aliphatic heterocycles. The molecule has 0 saturated carbocycles. The summed E-state index contributed by atoms with van der Waals surface area (Å²) in [6.45, 7) is 0.811. The van der Waals surface area contributed by atoms with E-state index in [9.17, 15) is 8.78 Å². The summed E-state index contributed by atoms with van der Waals surface area (Å²) in [5.74, 6) is -1.23. The van der Waals surface area contributed by atoms with Crippen LogP contribution in [0.3, 0.4) is 0 Å². The summed E-state index contributed by atoms with van der Waals surface area (Å²) in [7, 11) is 0. The highest BCUT2D eigenvalue weighted by molar-refractivity contribution is 5.81. The van der Waals surface area contributed by atoms with E-state index in [0.717, 1.165) is 17.7 Å². The van der Waals surface area contributed by atoms with Crippen LogP contribution >= 0.6 is 0 Å². The van der Waals surface area contributed by atoms with Gasteiger partial charge in [0.15, 0.2) is 11.6 Å². The summed E-state index contributed by atoms with van der Waals surface area (Å²) in [5.41, 5.74) is 13.7. The normalized spacial score (nSPS) is 11.2. The van der Waals surface area contributed by atoms with E-state index in [1.165, 1.54) is 0 Å². The maximum absolute atomic E-state index is 13.5. The third kappa shape index (κ3) is 2.34. The number of hydrogen-bond donors (Lipinski definition) is 2. The minimum atomic E-state index is -0.918. The van der Waals surface area contributed by atoms with Gasteiger partial charge in [0, 0.05) is 36.5 Å². The lowest BCUT2D eigenvalue weighted by molar-refractivity contribution is 0.510. The number of imidazole rings is 1. The van der Waals surface area contributed by atoms with E-state index in [0.29, 0.717) is 35.6 Å². The van der Waals surface area contributed by atoms with Crippen molar-refractivity contribution in [2.75, 3.05) is 12.3 Å². The van der Waals surface area contributed by atoms with Crippen LogP contribution in [0.25, 0.3) is 22.4 Å². The van der Waals surface area contributed by atoms with Crippen molar-refractivity contribution >= 4 is 16.7 Å². The number of rotatable bonds is 3. The van der Waals surface area contributed by atoms with Crippen LogP contribution in [0.1, 0.15) is 0 Å². The first-order valence-corrected chi connectivity index (χ1v) is 6.51. The van der Waals surface area contributed by atoms with Crippen molar-refractivity contribution in [2.24, 2.45) is 5.73 Å². The van der Waals surface area contributed by atoms with E-state index < -0.39 is 11.6 Å². The van der Waals surface area contributed by atoms with Crippen LogP contribution in [0.2, 0.25) is 0 Å². The van der Waals surface area contributed by atoms with Crippen molar-refractivity contribution in [3.05, 3.63) is 48.0 Å². The molecule has 0 radical (unpaired) electrons. The Bertz CT molecular complexity index is 811. The summed E-state index contributed by atoms with van der Waals surface area (Å²) in [6.07, 6.45) is 0. The molecule has 0 aliphatic rings. The Morgan fingerprint density at radius 1 is 1.10 bits per heavy atom. The van der Waals surface area contributed by atoms with E-state index in [1.807, 2.05) is 6.07 Å². The molecule has 3 rings (SSSR count). The zero-order valence-corrected chi connectivity index (χ0v) is 11.2. The van der Waals surface area contributed by atoms with Gasteiger partial charge in [-0.05, 0) is 12.1 Å². The van der Waals surface area contributed by atoms with Gasteiger partial charge in [0.25, 0.3) is 0 Å². The third-order valence-corrected chi connectivity index (χ3v) is 3.29. The minimum absolute atomic E-state index is 0.361. The molecule has 2 aromatic carbocycles. The minimum Gasteiger partial charge on any atom is -0.399 e. The lowest BCUT2D eigenvalue weighted by Gasteiger charge is -2.08. The number of nitrogen functional groups attached to an aromatic ring is 1. The van der Waals surface area contributed by atoms with Crippen LogP contribution in [-0.4, -0.2) is 16.1 Å². The van der Waals surface area contributed by atoms with Crippen LogP contribution in [0, 0.1) is 11.6 Å². The number of benzene rings is 2. The van der Waals surface area contributed by atoms with Crippen molar-refractivity contribution in [2.45, 2.75) is 6.54 Å². The monoisotopic (exact) mass is 288 g/mol. The van der Waals surface area contributed by atoms with Gasteiger partial charge in [-0.15, -0.1) is 0 Å². The maximum atomic E-state index is 13.5. The second-order valence-electron chi connectivity index (χ2n) is 4.76. The lowest BCUT2D eigenvalue weighted by Crippen LogP contribution is -2.11. The lowest BCUT2D eigenvalue weighted by atomic mass is 10.2. The van der Waals surface area contributed by atoms with Gasteiger partial charge >= 0.3 is 0 Å². The Hall–Kier alpha value is -2.47.